The molecule has 0 aliphatic heterocycles. The first-order chi connectivity index (χ1) is 5.27. The minimum Gasteiger partial charge on any atom is -0.307 e. The van der Waals surface area contributed by atoms with Crippen LogP contribution in [0.5, 0.6) is 0 Å². The van der Waals surface area contributed by atoms with Gasteiger partial charge in [-0.05, 0) is 6.07 Å². The van der Waals surface area contributed by atoms with E-state index < -0.39 is 0 Å². The number of pyridine rings is 1. The highest BCUT2D eigenvalue weighted by Crippen LogP contribution is 2.02. The maximum absolute atomic E-state index is 12.5. The number of hydrogen-bond acceptors (Lipinski definition) is 1. The van der Waals surface area contributed by atoms with E-state index in [0.717, 1.165) is 0 Å². The molecule has 0 unspecified atom stereocenters. The highest BCUT2D eigenvalue weighted by molar-refractivity contribution is 5.37. The Labute approximate surface area is 58.3 Å². The summed E-state index contributed by atoms with van der Waals surface area (Å²) in [7, 11) is 0. The Bertz CT molecular complexity index is 396. The summed E-state index contributed by atoms with van der Waals surface area (Å²) in [5, 5.41) is 0. The summed E-state index contributed by atoms with van der Waals surface area (Å²) in [5.41, 5.74) is 0.468. The molecule has 50 valence electrons. The van der Waals surface area contributed by atoms with Crippen molar-refractivity contribution in [2.24, 2.45) is 0 Å². The van der Waals surface area contributed by atoms with E-state index in [-0.39, 0.29) is 12.0 Å². The number of nitrogens with zero attached hydrogens (tertiary/aromatic N) is 2. The number of rotatable bonds is 0. The molecule has 0 spiro atoms. The fourth-order valence-corrected chi connectivity index (χ4v) is 0.829. The van der Waals surface area contributed by atoms with Crippen LogP contribution in [0, 0.1) is 5.82 Å². The van der Waals surface area contributed by atoms with Crippen LogP contribution in [0.15, 0.2) is 30.7 Å². The van der Waals surface area contributed by atoms with Crippen LogP contribution in [0.1, 0.15) is 1.37 Å². The summed E-state index contributed by atoms with van der Waals surface area (Å²) in [4.78, 5) is 3.81. The second-order valence-corrected chi connectivity index (χ2v) is 1.96. The Hall–Kier alpha value is -1.38. The highest BCUT2D eigenvalue weighted by atomic mass is 19.1. The van der Waals surface area contributed by atoms with Crippen LogP contribution in [0.2, 0.25) is 0 Å². The molecule has 2 aromatic rings. The van der Waals surface area contributed by atoms with E-state index in [1.807, 2.05) is 0 Å². The molecule has 2 nitrogen and oxygen atoms in total. The van der Waals surface area contributed by atoms with Gasteiger partial charge in [-0.25, -0.2) is 9.37 Å². The first kappa shape index (κ1) is 4.44. The first-order valence-corrected chi connectivity index (χ1v) is 2.86. The summed E-state index contributed by atoms with van der Waals surface area (Å²) < 4.78 is 21.3. The topological polar surface area (TPSA) is 17.3 Å². The molecule has 0 aromatic carbocycles. The number of hydrogen-bond donors (Lipinski definition) is 0. The molecule has 2 aromatic heterocycles. The minimum atomic E-state index is -0.330. The monoisotopic (exact) mass is 137 g/mol. The van der Waals surface area contributed by atoms with E-state index in [9.17, 15) is 4.39 Å². The van der Waals surface area contributed by atoms with Crippen molar-refractivity contribution in [1.82, 2.24) is 9.38 Å². The zero-order valence-electron chi connectivity index (χ0n) is 6.08. The number of imidazole rings is 1. The molecular formula is C7H5FN2. The van der Waals surface area contributed by atoms with Crippen molar-refractivity contribution in [3.05, 3.63) is 36.5 Å². The first-order valence-electron chi connectivity index (χ1n) is 3.36. The van der Waals surface area contributed by atoms with Gasteiger partial charge in [0.1, 0.15) is 11.5 Å². The van der Waals surface area contributed by atoms with Gasteiger partial charge in [-0.2, -0.15) is 0 Å². The van der Waals surface area contributed by atoms with Gasteiger partial charge in [-0.1, -0.05) is 0 Å². The van der Waals surface area contributed by atoms with Crippen LogP contribution in [0.25, 0.3) is 5.65 Å². The molecule has 0 saturated carbocycles. The van der Waals surface area contributed by atoms with Gasteiger partial charge in [-0.3, -0.25) is 0 Å². The van der Waals surface area contributed by atoms with E-state index in [0.29, 0.717) is 5.65 Å². The van der Waals surface area contributed by atoms with Crippen molar-refractivity contribution < 1.29 is 5.76 Å². The Morgan fingerprint density at radius 2 is 2.60 bits per heavy atom. The third-order valence-corrected chi connectivity index (χ3v) is 1.29. The van der Waals surface area contributed by atoms with Gasteiger partial charge >= 0.3 is 0 Å². The lowest BCUT2D eigenvalue weighted by Gasteiger charge is -1.90. The van der Waals surface area contributed by atoms with Gasteiger partial charge in [0.05, 0.1) is 1.37 Å². The summed E-state index contributed by atoms with van der Waals surface area (Å²) >= 11 is 0. The normalized spacial score (nSPS) is 11.9. The van der Waals surface area contributed by atoms with Gasteiger partial charge in [0.25, 0.3) is 0 Å². The van der Waals surface area contributed by atoms with Crippen molar-refractivity contribution in [2.45, 2.75) is 0 Å². The maximum atomic E-state index is 12.5. The second-order valence-electron chi connectivity index (χ2n) is 1.96. The Morgan fingerprint density at radius 1 is 1.70 bits per heavy atom. The quantitative estimate of drug-likeness (QED) is 0.537. The second kappa shape index (κ2) is 1.80. The summed E-state index contributed by atoms with van der Waals surface area (Å²) in [5.74, 6) is -0.330. The number of halogens is 1. The summed E-state index contributed by atoms with van der Waals surface area (Å²) in [6, 6.07) is 2.59. The molecule has 0 aliphatic rings. The van der Waals surface area contributed by atoms with E-state index in [4.69, 9.17) is 1.37 Å². The summed E-state index contributed by atoms with van der Waals surface area (Å²) in [6.07, 6.45) is 3.13. The molecule has 0 atom stereocenters. The highest BCUT2D eigenvalue weighted by Gasteiger charge is 1.92. The minimum absolute atomic E-state index is 0.264. The van der Waals surface area contributed by atoms with Gasteiger partial charge in [0.15, 0.2) is 0 Å². The molecule has 0 amide bonds. The predicted octanol–water partition coefficient (Wildman–Crippen LogP) is 1.47. The van der Waals surface area contributed by atoms with E-state index in [2.05, 4.69) is 4.98 Å². The molecule has 3 heteroatoms. The molecule has 10 heavy (non-hydrogen) atoms. The lowest BCUT2D eigenvalue weighted by Crippen LogP contribution is -1.82. The zero-order chi connectivity index (χ0) is 7.84. The molecule has 0 saturated heterocycles. The van der Waals surface area contributed by atoms with Gasteiger partial charge in [-0.15, -0.1) is 0 Å². The maximum Gasteiger partial charge on any atom is 0.139 e. The number of aromatic nitrogens is 2. The Morgan fingerprint density at radius 3 is 3.50 bits per heavy atom. The molecule has 0 bridgehead atoms. The molecule has 0 N–H and O–H groups in total. The largest absolute Gasteiger partial charge is 0.307 e. The third-order valence-electron chi connectivity index (χ3n) is 1.29. The predicted molar refractivity (Wildman–Crippen MR) is 35.2 cm³/mol. The number of fused-ring (bicyclic) bond motifs is 1. The van der Waals surface area contributed by atoms with Crippen molar-refractivity contribution in [2.75, 3.05) is 0 Å². The van der Waals surface area contributed by atoms with Crippen LogP contribution < -0.4 is 0 Å². The van der Waals surface area contributed by atoms with Crippen LogP contribution >= 0.6 is 0 Å². The Balaban J connectivity index is 2.86. The molecular weight excluding hydrogens is 131 g/mol. The van der Waals surface area contributed by atoms with Crippen LogP contribution in [-0.4, -0.2) is 9.38 Å². The van der Waals surface area contributed by atoms with Crippen molar-refractivity contribution in [1.29, 1.82) is 0 Å². The van der Waals surface area contributed by atoms with E-state index in [1.165, 1.54) is 28.9 Å². The van der Waals surface area contributed by atoms with Crippen LogP contribution in [-0.2, 0) is 0 Å². The SMILES string of the molecule is [2H]c1cnc2cc(F)ccn12. The summed E-state index contributed by atoms with van der Waals surface area (Å²) in [6.45, 7) is 0. The smallest absolute Gasteiger partial charge is 0.139 e. The van der Waals surface area contributed by atoms with Crippen molar-refractivity contribution in [3.63, 3.8) is 0 Å². The van der Waals surface area contributed by atoms with Gasteiger partial charge in [0.2, 0.25) is 0 Å². The van der Waals surface area contributed by atoms with Crippen LogP contribution in [0.4, 0.5) is 4.39 Å². The molecule has 2 rings (SSSR count). The fourth-order valence-electron chi connectivity index (χ4n) is 0.829. The van der Waals surface area contributed by atoms with Gasteiger partial charge in [0, 0.05) is 24.6 Å². The average molecular weight is 137 g/mol. The van der Waals surface area contributed by atoms with E-state index in [1.54, 1.807) is 0 Å². The molecule has 0 radical (unpaired) electrons. The lowest BCUT2D eigenvalue weighted by atomic mass is 10.4. The van der Waals surface area contributed by atoms with Crippen molar-refractivity contribution in [3.8, 4) is 0 Å². The van der Waals surface area contributed by atoms with Crippen molar-refractivity contribution >= 4 is 5.65 Å². The molecule has 0 fully saturated rings. The molecule has 0 aliphatic carbocycles. The van der Waals surface area contributed by atoms with Crippen LogP contribution in [0.3, 0.4) is 0 Å². The average Bonchev–Trinajstić information content (AvgIpc) is 2.32. The van der Waals surface area contributed by atoms with Gasteiger partial charge < -0.3 is 4.40 Å². The third kappa shape index (κ3) is 0.673. The standard InChI is InChI=1S/C7H5FN2/c8-6-1-3-10-4-2-9-7(10)5-6/h1-5H/i4D. The Kier molecular flexibility index (Phi) is 0.799. The lowest BCUT2D eigenvalue weighted by molar-refractivity contribution is 0.626. The van der Waals surface area contributed by atoms with E-state index >= 15 is 0 Å². The zero-order valence-corrected chi connectivity index (χ0v) is 5.08. The molecule has 2 heterocycles. The fraction of sp³-hybridized carbons (Fsp3) is 0.